The zero-order valence-corrected chi connectivity index (χ0v) is 22.6. The SMILES string of the molecule is COc1ccc(S(=O)(=O)N2CCCC2)cc1NC(=O)CN(c1ccc(F)cc1)S(=O)(=O)c1ccc(C)cc1. The highest BCUT2D eigenvalue weighted by atomic mass is 32.2. The number of carbonyl (C=O) groups excluding carboxylic acids is 1. The lowest BCUT2D eigenvalue weighted by atomic mass is 10.2. The van der Waals surface area contributed by atoms with Gasteiger partial charge in [-0.2, -0.15) is 4.31 Å². The fourth-order valence-corrected chi connectivity index (χ4v) is 7.07. The van der Waals surface area contributed by atoms with Gasteiger partial charge in [0.25, 0.3) is 10.0 Å². The summed E-state index contributed by atoms with van der Waals surface area (Å²) in [6, 6.07) is 15.0. The van der Waals surface area contributed by atoms with E-state index in [2.05, 4.69) is 5.32 Å². The Morgan fingerprint density at radius 1 is 0.947 bits per heavy atom. The van der Waals surface area contributed by atoms with Crippen LogP contribution in [0.25, 0.3) is 0 Å². The van der Waals surface area contributed by atoms with Crippen LogP contribution in [0.4, 0.5) is 15.8 Å². The fraction of sp³-hybridized carbons (Fsp3) is 0.269. The molecular weight excluding hydrogens is 533 g/mol. The lowest BCUT2D eigenvalue weighted by molar-refractivity contribution is -0.114. The van der Waals surface area contributed by atoms with E-state index in [-0.39, 0.29) is 26.9 Å². The summed E-state index contributed by atoms with van der Waals surface area (Å²) < 4.78 is 74.2. The maximum atomic E-state index is 13.6. The Balaban J connectivity index is 1.65. The van der Waals surface area contributed by atoms with Crippen molar-refractivity contribution in [3.63, 3.8) is 0 Å². The average Bonchev–Trinajstić information content (AvgIpc) is 3.44. The Kier molecular flexibility index (Phi) is 8.05. The van der Waals surface area contributed by atoms with Crippen LogP contribution in [-0.4, -0.2) is 53.8 Å². The summed E-state index contributed by atoms with van der Waals surface area (Å²) >= 11 is 0. The van der Waals surface area contributed by atoms with Crippen molar-refractivity contribution in [1.82, 2.24) is 4.31 Å². The minimum atomic E-state index is -4.21. The van der Waals surface area contributed by atoms with Gasteiger partial charge in [0.15, 0.2) is 0 Å². The molecule has 0 atom stereocenters. The average molecular weight is 562 g/mol. The van der Waals surface area contributed by atoms with Crippen molar-refractivity contribution in [2.75, 3.05) is 36.4 Å². The molecule has 1 saturated heterocycles. The molecule has 0 bridgehead atoms. The van der Waals surface area contributed by atoms with Crippen molar-refractivity contribution in [3.8, 4) is 5.75 Å². The number of nitrogens with zero attached hydrogens (tertiary/aromatic N) is 2. The lowest BCUT2D eigenvalue weighted by Crippen LogP contribution is -2.38. The van der Waals surface area contributed by atoms with Crippen LogP contribution in [0.15, 0.2) is 76.5 Å². The number of methoxy groups -OCH3 is 1. The molecule has 1 N–H and O–H groups in total. The highest BCUT2D eigenvalue weighted by Gasteiger charge is 2.30. The summed E-state index contributed by atoms with van der Waals surface area (Å²) in [7, 11) is -6.62. The predicted molar refractivity (Wildman–Crippen MR) is 142 cm³/mol. The second-order valence-corrected chi connectivity index (χ2v) is 12.6. The van der Waals surface area contributed by atoms with Crippen LogP contribution < -0.4 is 14.4 Å². The first-order valence-electron chi connectivity index (χ1n) is 11.9. The molecule has 3 aromatic rings. The molecular formula is C26H28FN3O6S2. The van der Waals surface area contributed by atoms with E-state index >= 15 is 0 Å². The molecule has 0 aromatic heterocycles. The molecule has 4 rings (SSSR count). The van der Waals surface area contributed by atoms with E-state index < -0.39 is 38.3 Å². The molecule has 1 amide bonds. The van der Waals surface area contributed by atoms with Gasteiger partial charge in [0.1, 0.15) is 18.1 Å². The number of hydrogen-bond acceptors (Lipinski definition) is 6. The van der Waals surface area contributed by atoms with Crippen molar-refractivity contribution >= 4 is 37.3 Å². The Morgan fingerprint density at radius 3 is 2.16 bits per heavy atom. The first-order chi connectivity index (χ1) is 18.0. The minimum absolute atomic E-state index is 0.0156. The molecule has 3 aromatic carbocycles. The molecule has 12 heteroatoms. The number of benzene rings is 3. The van der Waals surface area contributed by atoms with E-state index in [1.807, 2.05) is 6.92 Å². The van der Waals surface area contributed by atoms with E-state index in [1.165, 1.54) is 53.9 Å². The van der Waals surface area contributed by atoms with Crippen molar-refractivity contribution in [2.45, 2.75) is 29.6 Å². The van der Waals surface area contributed by atoms with Crippen LogP contribution in [0.1, 0.15) is 18.4 Å². The third-order valence-electron chi connectivity index (χ3n) is 6.16. The summed E-state index contributed by atoms with van der Waals surface area (Å²) in [5.74, 6) is -1.11. The van der Waals surface area contributed by atoms with Gasteiger partial charge in [0.05, 0.1) is 28.3 Å². The zero-order chi connectivity index (χ0) is 27.5. The van der Waals surface area contributed by atoms with Crippen LogP contribution in [-0.2, 0) is 24.8 Å². The summed E-state index contributed by atoms with van der Waals surface area (Å²) in [6.07, 6.45) is 1.54. The number of hydrogen-bond donors (Lipinski definition) is 1. The quantitative estimate of drug-likeness (QED) is 0.426. The third kappa shape index (κ3) is 5.82. The largest absolute Gasteiger partial charge is 0.495 e. The molecule has 0 unspecified atom stereocenters. The van der Waals surface area contributed by atoms with Gasteiger partial charge in [-0.15, -0.1) is 0 Å². The van der Waals surface area contributed by atoms with Crippen molar-refractivity contribution in [3.05, 3.63) is 78.1 Å². The number of nitrogens with one attached hydrogen (secondary N) is 1. The third-order valence-corrected chi connectivity index (χ3v) is 9.84. The Labute approximate surface area is 221 Å². The summed E-state index contributed by atoms with van der Waals surface area (Å²) in [4.78, 5) is 13.1. The fourth-order valence-electron chi connectivity index (χ4n) is 4.10. The summed E-state index contributed by atoms with van der Waals surface area (Å²) in [6.45, 7) is 1.99. The van der Waals surface area contributed by atoms with Crippen LogP contribution in [0, 0.1) is 12.7 Å². The number of carbonyl (C=O) groups is 1. The van der Waals surface area contributed by atoms with Crippen LogP contribution in [0.3, 0.4) is 0 Å². The lowest BCUT2D eigenvalue weighted by Gasteiger charge is -2.24. The van der Waals surface area contributed by atoms with Crippen molar-refractivity contribution < 1.29 is 30.8 Å². The molecule has 38 heavy (non-hydrogen) atoms. The van der Waals surface area contributed by atoms with E-state index in [0.29, 0.717) is 13.1 Å². The number of amides is 1. The van der Waals surface area contributed by atoms with Crippen LogP contribution >= 0.6 is 0 Å². The maximum Gasteiger partial charge on any atom is 0.264 e. The van der Waals surface area contributed by atoms with Gasteiger partial charge in [-0.05, 0) is 74.4 Å². The van der Waals surface area contributed by atoms with Gasteiger partial charge in [-0.1, -0.05) is 17.7 Å². The predicted octanol–water partition coefficient (Wildman–Crippen LogP) is 3.76. The molecule has 9 nitrogen and oxygen atoms in total. The smallest absolute Gasteiger partial charge is 0.264 e. The van der Waals surface area contributed by atoms with Gasteiger partial charge >= 0.3 is 0 Å². The van der Waals surface area contributed by atoms with E-state index in [4.69, 9.17) is 4.74 Å². The Hall–Kier alpha value is -3.48. The number of ether oxygens (including phenoxy) is 1. The summed E-state index contributed by atoms with van der Waals surface area (Å²) in [5, 5.41) is 2.58. The van der Waals surface area contributed by atoms with E-state index in [9.17, 15) is 26.0 Å². The first-order valence-corrected chi connectivity index (χ1v) is 14.7. The molecule has 0 aliphatic carbocycles. The second-order valence-electron chi connectivity index (χ2n) is 8.82. The monoisotopic (exact) mass is 561 g/mol. The highest BCUT2D eigenvalue weighted by Crippen LogP contribution is 2.31. The van der Waals surface area contributed by atoms with Crippen LogP contribution in [0.2, 0.25) is 0 Å². The molecule has 1 aliphatic heterocycles. The normalized spacial score (nSPS) is 14.3. The standard InChI is InChI=1S/C26H28FN3O6S2/c1-19-5-11-22(12-6-19)38(34,35)30(21-9-7-20(27)8-10-21)18-26(31)28-24-17-23(13-14-25(24)36-2)37(32,33)29-15-3-4-16-29/h5-14,17H,3-4,15-16,18H2,1-2H3,(H,28,31). The number of anilines is 2. The molecule has 0 saturated carbocycles. The van der Waals surface area contributed by atoms with Gasteiger partial charge in [0, 0.05) is 13.1 Å². The topological polar surface area (TPSA) is 113 Å². The van der Waals surface area contributed by atoms with Gasteiger partial charge in [-0.3, -0.25) is 9.10 Å². The second kappa shape index (κ2) is 11.1. The van der Waals surface area contributed by atoms with Crippen molar-refractivity contribution in [1.29, 1.82) is 0 Å². The summed E-state index contributed by atoms with van der Waals surface area (Å²) in [5.41, 5.74) is 1.01. The number of rotatable bonds is 9. The molecule has 0 radical (unpaired) electrons. The molecule has 1 fully saturated rings. The zero-order valence-electron chi connectivity index (χ0n) is 20.9. The van der Waals surface area contributed by atoms with E-state index in [1.54, 1.807) is 12.1 Å². The Bertz CT molecular complexity index is 1520. The minimum Gasteiger partial charge on any atom is -0.495 e. The molecule has 202 valence electrons. The van der Waals surface area contributed by atoms with Gasteiger partial charge < -0.3 is 10.1 Å². The van der Waals surface area contributed by atoms with E-state index in [0.717, 1.165) is 34.8 Å². The Morgan fingerprint density at radius 2 is 1.55 bits per heavy atom. The number of sulfonamides is 2. The van der Waals surface area contributed by atoms with Gasteiger partial charge in [-0.25, -0.2) is 21.2 Å². The van der Waals surface area contributed by atoms with Gasteiger partial charge in [0.2, 0.25) is 15.9 Å². The molecule has 1 heterocycles. The van der Waals surface area contributed by atoms with Crippen LogP contribution in [0.5, 0.6) is 5.75 Å². The molecule has 0 spiro atoms. The van der Waals surface area contributed by atoms with Crippen molar-refractivity contribution in [2.24, 2.45) is 0 Å². The highest BCUT2D eigenvalue weighted by molar-refractivity contribution is 7.92. The molecule has 1 aliphatic rings. The number of halogens is 1. The first kappa shape index (κ1) is 27.6. The number of aryl methyl sites for hydroxylation is 1. The maximum absolute atomic E-state index is 13.6.